The van der Waals surface area contributed by atoms with Gasteiger partial charge in [0.05, 0.1) is 10.2 Å². The van der Waals surface area contributed by atoms with Gasteiger partial charge >= 0.3 is 8.80 Å². The molecule has 2 aromatic carbocycles. The number of para-hydroxylation sites is 1. The maximum atomic E-state index is 5.52. The van der Waals surface area contributed by atoms with Gasteiger partial charge in [-0.15, -0.1) is 11.3 Å². The molecule has 3 rings (SSSR count). The van der Waals surface area contributed by atoms with Crippen molar-refractivity contribution in [2.45, 2.75) is 28.1 Å². The van der Waals surface area contributed by atoms with E-state index in [0.717, 1.165) is 28.7 Å². The van der Waals surface area contributed by atoms with Gasteiger partial charge in [-0.05, 0) is 77.8 Å². The summed E-state index contributed by atoms with van der Waals surface area (Å²) < 4.78 is 18.9. The van der Waals surface area contributed by atoms with Crippen LogP contribution in [0.1, 0.15) is 12.0 Å². The fraction of sp³-hybridized carbons (Fsp3) is 0.316. The Balaban J connectivity index is 1.48. The van der Waals surface area contributed by atoms with Crippen LogP contribution in [0.15, 0.2) is 57.8 Å². The SMILES string of the molecule is CO[Si](CCCc1ccccc1SSSSc1nc2ccccc2s1)(OC)OC. The molecule has 0 radical (unpaired) electrons. The number of rotatable bonds is 12. The fourth-order valence-corrected chi connectivity index (χ4v) is 11.8. The zero-order valence-corrected chi connectivity index (χ0v) is 21.5. The Morgan fingerprint density at radius 3 is 2.34 bits per heavy atom. The van der Waals surface area contributed by atoms with E-state index >= 15 is 0 Å². The van der Waals surface area contributed by atoms with Crippen LogP contribution in [0, 0.1) is 0 Å². The predicted molar refractivity (Wildman–Crippen MR) is 133 cm³/mol. The molecule has 0 saturated heterocycles. The number of aromatic nitrogens is 1. The molecule has 1 aromatic heterocycles. The lowest BCUT2D eigenvalue weighted by Gasteiger charge is -2.24. The minimum absolute atomic E-state index is 0.810. The summed E-state index contributed by atoms with van der Waals surface area (Å²) >= 11 is 1.74. The zero-order chi connectivity index (χ0) is 20.5. The summed E-state index contributed by atoms with van der Waals surface area (Å²) in [6.07, 6.45) is 1.95. The highest BCUT2D eigenvalue weighted by Crippen LogP contribution is 2.51. The van der Waals surface area contributed by atoms with Crippen LogP contribution in [0.4, 0.5) is 0 Å². The molecule has 4 nitrogen and oxygen atoms in total. The van der Waals surface area contributed by atoms with Crippen molar-refractivity contribution in [2.24, 2.45) is 0 Å². The number of thiazole rings is 1. The summed E-state index contributed by atoms with van der Waals surface area (Å²) in [5, 5.41) is 0. The summed E-state index contributed by atoms with van der Waals surface area (Å²) in [6.45, 7) is 0. The van der Waals surface area contributed by atoms with Crippen molar-refractivity contribution >= 4 is 71.6 Å². The van der Waals surface area contributed by atoms with Crippen LogP contribution >= 0.6 is 52.6 Å². The first-order valence-electron chi connectivity index (χ1n) is 8.96. The Kier molecular flexibility index (Phi) is 9.73. The Bertz CT molecular complexity index is 865. The second-order valence-corrected chi connectivity index (χ2v) is 16.1. The highest BCUT2D eigenvalue weighted by Gasteiger charge is 2.36. The molecular weight excluding hydrogens is 479 g/mol. The first-order chi connectivity index (χ1) is 14.2. The summed E-state index contributed by atoms with van der Waals surface area (Å²) in [6, 6.07) is 17.7. The Morgan fingerprint density at radius 2 is 1.59 bits per heavy atom. The number of hydrogen-bond donors (Lipinski definition) is 0. The number of hydrogen-bond acceptors (Lipinski definition) is 9. The van der Waals surface area contributed by atoms with Gasteiger partial charge in [0, 0.05) is 32.3 Å². The molecule has 0 atom stereocenters. The highest BCUT2D eigenvalue weighted by molar-refractivity contribution is 9.26. The van der Waals surface area contributed by atoms with E-state index in [9.17, 15) is 0 Å². The molecule has 0 unspecified atom stereocenters. The van der Waals surface area contributed by atoms with Crippen LogP contribution in [-0.2, 0) is 19.7 Å². The van der Waals surface area contributed by atoms with E-state index in [0.29, 0.717) is 0 Å². The van der Waals surface area contributed by atoms with Crippen LogP contribution in [0.5, 0.6) is 0 Å². The first kappa shape index (κ1) is 23.5. The van der Waals surface area contributed by atoms with E-state index in [-0.39, 0.29) is 0 Å². The van der Waals surface area contributed by atoms with Crippen LogP contribution < -0.4 is 0 Å². The summed E-state index contributed by atoms with van der Waals surface area (Å²) in [5.74, 6) is 0. The second kappa shape index (κ2) is 12.0. The summed E-state index contributed by atoms with van der Waals surface area (Å²) in [5.41, 5.74) is 2.42. The Labute approximate surface area is 192 Å². The normalized spacial score (nSPS) is 12.0. The van der Waals surface area contributed by atoms with Crippen LogP contribution in [0.25, 0.3) is 10.2 Å². The summed E-state index contributed by atoms with van der Waals surface area (Å²) in [7, 11) is 9.56. The lowest BCUT2D eigenvalue weighted by molar-refractivity contribution is 0.123. The topological polar surface area (TPSA) is 40.6 Å². The molecule has 0 saturated carbocycles. The van der Waals surface area contributed by atoms with Gasteiger partial charge in [0.25, 0.3) is 0 Å². The van der Waals surface area contributed by atoms with E-state index in [1.807, 2.05) is 6.07 Å². The summed E-state index contributed by atoms with van der Waals surface area (Å²) in [4.78, 5) is 5.97. The zero-order valence-electron chi connectivity index (χ0n) is 16.5. The predicted octanol–water partition coefficient (Wildman–Crippen LogP) is 7.20. The van der Waals surface area contributed by atoms with Crippen molar-refractivity contribution in [1.82, 2.24) is 4.98 Å². The largest absolute Gasteiger partial charge is 0.500 e. The van der Waals surface area contributed by atoms with Gasteiger partial charge < -0.3 is 13.3 Å². The standard InChI is InChI=1S/C19H23NO3S5Si/c1-21-29(22-2,23-3)14-8-10-15-9-4-6-12-17(15)25-27-28-26-19-20-16-11-5-7-13-18(16)24-19/h4-7,9,11-13H,8,10,14H2,1-3H3. The smallest absolute Gasteiger partial charge is 0.377 e. The molecule has 3 aromatic rings. The number of nitrogens with zero attached hydrogens (tertiary/aromatic N) is 1. The molecule has 0 fully saturated rings. The molecule has 0 bridgehead atoms. The number of fused-ring (bicyclic) bond motifs is 1. The van der Waals surface area contributed by atoms with Gasteiger partial charge in [0.1, 0.15) is 0 Å². The minimum atomic E-state index is -2.50. The van der Waals surface area contributed by atoms with E-state index in [2.05, 4.69) is 47.4 Å². The molecule has 0 amide bonds. The maximum absolute atomic E-state index is 5.52. The Morgan fingerprint density at radius 1 is 0.897 bits per heavy atom. The molecule has 0 aliphatic carbocycles. The van der Waals surface area contributed by atoms with Gasteiger partial charge in [-0.2, -0.15) is 0 Å². The minimum Gasteiger partial charge on any atom is -0.377 e. The maximum Gasteiger partial charge on any atom is 0.500 e. The van der Waals surface area contributed by atoms with E-state index in [1.165, 1.54) is 15.2 Å². The molecule has 10 heteroatoms. The van der Waals surface area contributed by atoms with Crippen LogP contribution in [-0.4, -0.2) is 35.1 Å². The van der Waals surface area contributed by atoms with Gasteiger partial charge in [-0.25, -0.2) is 4.98 Å². The molecule has 29 heavy (non-hydrogen) atoms. The van der Waals surface area contributed by atoms with Gasteiger partial charge in [-0.3, -0.25) is 0 Å². The third-order valence-electron chi connectivity index (χ3n) is 4.37. The molecule has 1 heterocycles. The average molecular weight is 502 g/mol. The third kappa shape index (κ3) is 6.65. The van der Waals surface area contributed by atoms with E-state index in [1.54, 1.807) is 73.9 Å². The van der Waals surface area contributed by atoms with Crippen molar-refractivity contribution in [3.05, 3.63) is 54.1 Å². The molecule has 0 aliphatic rings. The average Bonchev–Trinajstić information content (AvgIpc) is 3.18. The molecule has 156 valence electrons. The third-order valence-corrected chi connectivity index (χ3v) is 14.7. The molecular formula is C19H23NO3S5Si. The van der Waals surface area contributed by atoms with Crippen molar-refractivity contribution < 1.29 is 13.3 Å². The van der Waals surface area contributed by atoms with Crippen molar-refractivity contribution in [3.8, 4) is 0 Å². The van der Waals surface area contributed by atoms with Gasteiger partial charge in [0.2, 0.25) is 0 Å². The molecule has 0 N–H and O–H groups in total. The lowest BCUT2D eigenvalue weighted by atomic mass is 10.1. The van der Waals surface area contributed by atoms with E-state index in [4.69, 9.17) is 13.3 Å². The van der Waals surface area contributed by atoms with Crippen molar-refractivity contribution in [3.63, 3.8) is 0 Å². The van der Waals surface area contributed by atoms with Crippen LogP contribution in [0.2, 0.25) is 6.04 Å². The van der Waals surface area contributed by atoms with Crippen LogP contribution in [0.3, 0.4) is 0 Å². The number of aryl methyl sites for hydroxylation is 1. The van der Waals surface area contributed by atoms with Crippen molar-refractivity contribution in [1.29, 1.82) is 0 Å². The molecule has 0 spiro atoms. The monoisotopic (exact) mass is 501 g/mol. The quantitative estimate of drug-likeness (QED) is 0.146. The number of benzene rings is 2. The van der Waals surface area contributed by atoms with E-state index < -0.39 is 8.80 Å². The second-order valence-electron chi connectivity index (χ2n) is 6.01. The Hall–Kier alpha value is -0.173. The van der Waals surface area contributed by atoms with Gasteiger partial charge in [-0.1, -0.05) is 30.3 Å². The molecule has 0 aliphatic heterocycles. The van der Waals surface area contributed by atoms with Gasteiger partial charge in [0.15, 0.2) is 4.34 Å². The highest BCUT2D eigenvalue weighted by atomic mass is 33.7. The lowest BCUT2D eigenvalue weighted by Crippen LogP contribution is -2.42. The fourth-order valence-electron chi connectivity index (χ4n) is 2.82. The van der Waals surface area contributed by atoms with Crippen molar-refractivity contribution in [2.75, 3.05) is 21.3 Å². The first-order valence-corrected chi connectivity index (χ1v) is 16.5.